The summed E-state index contributed by atoms with van der Waals surface area (Å²) >= 11 is 0. The minimum Gasteiger partial charge on any atom is -0.355 e. The first kappa shape index (κ1) is 22.3. The van der Waals surface area contributed by atoms with Crippen molar-refractivity contribution in [2.24, 2.45) is 0 Å². The van der Waals surface area contributed by atoms with Crippen LogP contribution in [0.4, 0.5) is 0 Å². The molecule has 6 heteroatoms. The minimum atomic E-state index is -0.213. The number of pyridine rings is 2. The molecular formula is C29H25N4O2+. The molecule has 5 aromatic rings. The van der Waals surface area contributed by atoms with Gasteiger partial charge in [0.15, 0.2) is 0 Å². The van der Waals surface area contributed by atoms with Gasteiger partial charge in [-0.3, -0.25) is 9.59 Å². The lowest BCUT2D eigenvalue weighted by Crippen LogP contribution is -2.47. The summed E-state index contributed by atoms with van der Waals surface area (Å²) < 4.78 is 0. The molecule has 0 bridgehead atoms. The van der Waals surface area contributed by atoms with Crippen LogP contribution in [0.1, 0.15) is 15.9 Å². The number of carbonyl (C=O) groups excluding carboxylic acids is 1. The number of H-pyrrole nitrogens is 1. The van der Waals surface area contributed by atoms with Crippen molar-refractivity contribution in [3.63, 3.8) is 0 Å². The molecule has 0 spiro atoms. The van der Waals surface area contributed by atoms with Gasteiger partial charge in [0, 0.05) is 41.1 Å². The predicted molar refractivity (Wildman–Crippen MR) is 139 cm³/mol. The number of aromatic nitrogens is 2. The first-order chi connectivity index (χ1) is 17.1. The fourth-order valence-corrected chi connectivity index (χ4v) is 4.25. The maximum absolute atomic E-state index is 12.9. The number of nitrogens with one attached hydrogen (secondary N) is 2. The average Bonchev–Trinajstić information content (AvgIpc) is 2.93. The highest BCUT2D eigenvalue weighted by molar-refractivity contribution is 6.00. The van der Waals surface area contributed by atoms with Gasteiger partial charge in [-0.25, -0.2) is 4.98 Å². The van der Waals surface area contributed by atoms with Crippen molar-refractivity contribution in [3.05, 3.63) is 113 Å². The highest BCUT2D eigenvalue weighted by atomic mass is 16.1. The molecule has 6 nitrogen and oxygen atoms in total. The van der Waals surface area contributed by atoms with Crippen LogP contribution in [0.15, 0.2) is 95.9 Å². The van der Waals surface area contributed by atoms with Gasteiger partial charge in [0.25, 0.3) is 11.5 Å². The highest BCUT2D eigenvalue weighted by Gasteiger charge is 2.17. The lowest BCUT2D eigenvalue weighted by molar-refractivity contribution is -0.386. The van der Waals surface area contributed by atoms with E-state index in [9.17, 15) is 9.59 Å². The van der Waals surface area contributed by atoms with E-state index in [0.29, 0.717) is 23.0 Å². The summed E-state index contributed by atoms with van der Waals surface area (Å²) in [5.41, 5.74) is 11.1. The molecule has 0 radical (unpaired) electrons. The molecular weight excluding hydrogens is 436 g/mol. The Balaban J connectivity index is 1.80. The number of hydrogen-bond acceptors (Lipinski definition) is 3. The molecule has 1 amide bonds. The molecule has 5 N–H and O–H groups in total. The molecule has 0 saturated heterocycles. The molecule has 0 aliphatic carbocycles. The van der Waals surface area contributed by atoms with Crippen LogP contribution < -0.4 is 16.6 Å². The number of hydrogen-bond donors (Lipinski definition) is 3. The molecule has 172 valence electrons. The Labute approximate surface area is 202 Å². The zero-order valence-corrected chi connectivity index (χ0v) is 19.3. The van der Waals surface area contributed by atoms with Crippen LogP contribution in [-0.4, -0.2) is 22.9 Å². The van der Waals surface area contributed by atoms with Crippen LogP contribution in [0.25, 0.3) is 44.4 Å². The van der Waals surface area contributed by atoms with Crippen molar-refractivity contribution in [2.45, 2.75) is 6.54 Å². The second-order valence-corrected chi connectivity index (χ2v) is 8.29. The van der Waals surface area contributed by atoms with Crippen LogP contribution in [0.3, 0.4) is 0 Å². The largest absolute Gasteiger partial charge is 0.355 e. The third-order valence-corrected chi connectivity index (χ3v) is 6.13. The summed E-state index contributed by atoms with van der Waals surface area (Å²) in [6.07, 6.45) is 1.67. The molecule has 0 fully saturated rings. The van der Waals surface area contributed by atoms with Crippen LogP contribution in [0, 0.1) is 0 Å². The number of fused-ring (bicyclic) bond motifs is 1. The number of amides is 1. The fraction of sp³-hybridized carbons (Fsp3) is 0.0690. The van der Waals surface area contributed by atoms with Gasteiger partial charge in [-0.05, 0) is 29.3 Å². The van der Waals surface area contributed by atoms with Crippen molar-refractivity contribution in [1.29, 1.82) is 0 Å². The normalized spacial score (nSPS) is 10.9. The van der Waals surface area contributed by atoms with E-state index in [0.717, 1.165) is 39.1 Å². The van der Waals surface area contributed by atoms with Crippen LogP contribution >= 0.6 is 0 Å². The Bertz CT molecular complexity index is 1590. The molecule has 0 unspecified atom stereocenters. The lowest BCUT2D eigenvalue weighted by Gasteiger charge is -2.14. The maximum atomic E-state index is 12.9. The number of carbonyl (C=O) groups is 1. The van der Waals surface area contributed by atoms with Gasteiger partial charge in [0.1, 0.15) is 0 Å². The number of rotatable bonds is 5. The smallest absolute Gasteiger partial charge is 0.257 e. The maximum Gasteiger partial charge on any atom is 0.257 e. The van der Waals surface area contributed by atoms with Crippen molar-refractivity contribution < 1.29 is 10.5 Å². The standard InChI is InChI=1S/C29H24N4O2/c1-31-28(34)22-9-5-8-21(14-22)25-17-32-29(35)24-15-23(19-6-3-2-4-7-19)26(33-27(24)25)20-12-10-18(16-30)11-13-20/h2-15,17H,16,30H2,1H3,(H,31,34)(H,32,35)/p+1. The molecule has 0 aliphatic heterocycles. The Kier molecular flexibility index (Phi) is 5.95. The van der Waals surface area contributed by atoms with Crippen molar-refractivity contribution >= 4 is 16.8 Å². The molecule has 0 saturated carbocycles. The second-order valence-electron chi connectivity index (χ2n) is 8.29. The Hall–Kier alpha value is -4.55. The van der Waals surface area contributed by atoms with Gasteiger partial charge in [-0.1, -0.05) is 66.7 Å². The fourth-order valence-electron chi connectivity index (χ4n) is 4.25. The number of benzene rings is 3. The molecule has 3 aromatic carbocycles. The van der Waals surface area contributed by atoms with E-state index in [2.05, 4.69) is 28.2 Å². The second kappa shape index (κ2) is 9.37. The van der Waals surface area contributed by atoms with E-state index in [4.69, 9.17) is 4.98 Å². The first-order valence-corrected chi connectivity index (χ1v) is 11.4. The van der Waals surface area contributed by atoms with Crippen molar-refractivity contribution in [2.75, 3.05) is 7.05 Å². The highest BCUT2D eigenvalue weighted by Crippen LogP contribution is 2.35. The van der Waals surface area contributed by atoms with E-state index >= 15 is 0 Å². The quantitative estimate of drug-likeness (QED) is 0.368. The minimum absolute atomic E-state index is 0.175. The first-order valence-electron chi connectivity index (χ1n) is 11.4. The van der Waals surface area contributed by atoms with Gasteiger partial charge in [0.2, 0.25) is 0 Å². The third-order valence-electron chi connectivity index (χ3n) is 6.13. The van der Waals surface area contributed by atoms with Crippen molar-refractivity contribution in [3.8, 4) is 33.5 Å². The zero-order chi connectivity index (χ0) is 24.4. The Morgan fingerprint density at radius 3 is 2.34 bits per heavy atom. The Morgan fingerprint density at radius 2 is 1.63 bits per heavy atom. The van der Waals surface area contributed by atoms with E-state index < -0.39 is 0 Å². The van der Waals surface area contributed by atoms with Gasteiger partial charge >= 0.3 is 0 Å². The molecule has 5 rings (SSSR count). The van der Waals surface area contributed by atoms with E-state index in [1.54, 1.807) is 25.4 Å². The summed E-state index contributed by atoms with van der Waals surface area (Å²) in [5, 5.41) is 3.15. The molecule has 35 heavy (non-hydrogen) atoms. The summed E-state index contributed by atoms with van der Waals surface area (Å²) in [4.78, 5) is 33.1. The number of nitrogens with zero attached hydrogens (tertiary/aromatic N) is 1. The summed E-state index contributed by atoms with van der Waals surface area (Å²) in [7, 11) is 1.60. The summed E-state index contributed by atoms with van der Waals surface area (Å²) in [5.74, 6) is -0.175. The van der Waals surface area contributed by atoms with Gasteiger partial charge in [-0.2, -0.15) is 0 Å². The van der Waals surface area contributed by atoms with Crippen LogP contribution in [0.2, 0.25) is 0 Å². The Morgan fingerprint density at radius 1 is 0.886 bits per heavy atom. The summed E-state index contributed by atoms with van der Waals surface area (Å²) in [6.45, 7) is 0.707. The number of aromatic amines is 1. The molecule has 0 aliphatic rings. The number of quaternary nitrogens is 1. The SMILES string of the molecule is CNC(=O)c1cccc(-c2c[nH]c(=O)c3cc(-c4ccccc4)c(-c4ccc(C[NH3+])cc4)nc23)c1. The van der Waals surface area contributed by atoms with Gasteiger partial charge in [0.05, 0.1) is 23.1 Å². The lowest BCUT2D eigenvalue weighted by atomic mass is 9.95. The van der Waals surface area contributed by atoms with Crippen LogP contribution in [-0.2, 0) is 6.54 Å². The molecule has 2 heterocycles. The van der Waals surface area contributed by atoms with E-state index in [-0.39, 0.29) is 11.5 Å². The van der Waals surface area contributed by atoms with E-state index in [1.165, 1.54) is 0 Å². The third kappa shape index (κ3) is 4.23. The van der Waals surface area contributed by atoms with Gasteiger partial charge in [-0.15, -0.1) is 0 Å². The van der Waals surface area contributed by atoms with Gasteiger partial charge < -0.3 is 16.0 Å². The summed E-state index contributed by atoms with van der Waals surface area (Å²) in [6, 6.07) is 27.3. The monoisotopic (exact) mass is 461 g/mol. The average molecular weight is 462 g/mol. The predicted octanol–water partition coefficient (Wildman–Crippen LogP) is 4.03. The van der Waals surface area contributed by atoms with Crippen LogP contribution in [0.5, 0.6) is 0 Å². The van der Waals surface area contributed by atoms with E-state index in [1.807, 2.05) is 60.7 Å². The molecule has 0 atom stereocenters. The molecule has 2 aromatic heterocycles. The topological polar surface area (TPSA) is 102 Å². The van der Waals surface area contributed by atoms with Crippen molar-refractivity contribution in [1.82, 2.24) is 15.3 Å². The zero-order valence-electron chi connectivity index (χ0n) is 19.3.